The summed E-state index contributed by atoms with van der Waals surface area (Å²) in [6.45, 7) is 0. The summed E-state index contributed by atoms with van der Waals surface area (Å²) in [5.74, 6) is -0.300. The average molecular weight is 366 g/mol. The molecule has 0 aliphatic rings. The van der Waals surface area contributed by atoms with Crippen LogP contribution >= 0.6 is 11.6 Å². The number of rotatable bonds is 5. The Morgan fingerprint density at radius 2 is 1.75 bits per heavy atom. The number of aromatic hydroxyl groups is 1. The largest absolute Gasteiger partial charge is 0.506 e. The lowest BCUT2D eigenvalue weighted by Crippen LogP contribution is -2.22. The van der Waals surface area contributed by atoms with Crippen LogP contribution in [0.3, 0.4) is 0 Å². The standard InChI is InChI=1S/C17H16ClNO4S/c1-19(2)24(22,23)14-7-5-13(6-8-14)16(20)9-3-12-4-10-17(21)15(18)11-12/h3-11,21H,1-2H3/b9-3+. The van der Waals surface area contributed by atoms with Gasteiger partial charge in [0.15, 0.2) is 5.78 Å². The lowest BCUT2D eigenvalue weighted by atomic mass is 10.1. The van der Waals surface area contributed by atoms with Crippen LogP contribution < -0.4 is 0 Å². The lowest BCUT2D eigenvalue weighted by molar-refractivity contribution is 0.104. The molecule has 2 rings (SSSR count). The summed E-state index contributed by atoms with van der Waals surface area (Å²) >= 11 is 5.80. The smallest absolute Gasteiger partial charge is 0.242 e. The zero-order valence-corrected chi connectivity index (χ0v) is 14.7. The Bertz CT molecular complexity index is 887. The van der Waals surface area contributed by atoms with Crippen LogP contribution in [0.5, 0.6) is 5.75 Å². The van der Waals surface area contributed by atoms with Gasteiger partial charge in [-0.3, -0.25) is 4.79 Å². The molecule has 1 N–H and O–H groups in total. The summed E-state index contributed by atoms with van der Waals surface area (Å²) in [7, 11) is -0.629. The summed E-state index contributed by atoms with van der Waals surface area (Å²) in [5, 5.41) is 9.55. The number of hydrogen-bond donors (Lipinski definition) is 1. The first kappa shape index (κ1) is 18.2. The number of sulfonamides is 1. The van der Waals surface area contributed by atoms with Gasteiger partial charge in [0.2, 0.25) is 10.0 Å². The van der Waals surface area contributed by atoms with E-state index in [-0.39, 0.29) is 21.5 Å². The molecule has 0 heterocycles. The summed E-state index contributed by atoms with van der Waals surface area (Å²) in [5.41, 5.74) is 1.03. The predicted octanol–water partition coefficient (Wildman–Crippen LogP) is 3.19. The number of hydrogen-bond acceptors (Lipinski definition) is 4. The molecular formula is C17H16ClNO4S. The van der Waals surface area contributed by atoms with Gasteiger partial charge in [0.25, 0.3) is 0 Å². The number of ketones is 1. The van der Waals surface area contributed by atoms with E-state index in [1.165, 1.54) is 56.6 Å². The highest BCUT2D eigenvalue weighted by atomic mass is 35.5. The van der Waals surface area contributed by atoms with Crippen molar-refractivity contribution in [2.75, 3.05) is 14.1 Å². The molecule has 0 saturated heterocycles. The van der Waals surface area contributed by atoms with E-state index in [9.17, 15) is 18.3 Å². The van der Waals surface area contributed by atoms with E-state index in [0.29, 0.717) is 11.1 Å². The predicted molar refractivity (Wildman–Crippen MR) is 93.8 cm³/mol. The summed E-state index contributed by atoms with van der Waals surface area (Å²) < 4.78 is 25.1. The van der Waals surface area contributed by atoms with E-state index in [0.717, 1.165) is 4.31 Å². The first-order valence-electron chi connectivity index (χ1n) is 6.95. The minimum atomic E-state index is -3.52. The van der Waals surface area contributed by atoms with E-state index in [1.807, 2.05) is 0 Å². The Balaban J connectivity index is 2.18. The molecule has 0 amide bonds. The number of carbonyl (C=O) groups excluding carboxylic acids is 1. The second kappa shape index (κ2) is 7.17. The second-order valence-electron chi connectivity index (χ2n) is 5.22. The summed E-state index contributed by atoms with van der Waals surface area (Å²) in [6.07, 6.45) is 2.93. The molecule has 0 saturated carbocycles. The van der Waals surface area contributed by atoms with Crippen LogP contribution in [0.2, 0.25) is 5.02 Å². The third-order valence-electron chi connectivity index (χ3n) is 3.32. The van der Waals surface area contributed by atoms with E-state index in [4.69, 9.17) is 11.6 Å². The molecule has 0 spiro atoms. The summed E-state index contributed by atoms with van der Waals surface area (Å²) in [4.78, 5) is 12.3. The number of benzene rings is 2. The first-order chi connectivity index (χ1) is 11.2. The van der Waals surface area contributed by atoms with E-state index in [2.05, 4.69) is 0 Å². The molecule has 0 aromatic heterocycles. The van der Waals surface area contributed by atoms with Crippen LogP contribution in [-0.2, 0) is 10.0 Å². The first-order valence-corrected chi connectivity index (χ1v) is 8.77. The zero-order valence-electron chi connectivity index (χ0n) is 13.1. The van der Waals surface area contributed by atoms with Gasteiger partial charge in [-0.25, -0.2) is 12.7 Å². The minimum Gasteiger partial charge on any atom is -0.506 e. The van der Waals surface area contributed by atoms with Gasteiger partial charge in [0.05, 0.1) is 9.92 Å². The second-order valence-corrected chi connectivity index (χ2v) is 7.78. The third kappa shape index (κ3) is 4.03. The highest BCUT2D eigenvalue weighted by Crippen LogP contribution is 2.24. The molecule has 0 aliphatic heterocycles. The maximum atomic E-state index is 12.1. The normalized spacial score (nSPS) is 12.0. The maximum Gasteiger partial charge on any atom is 0.242 e. The molecule has 2 aromatic rings. The fraction of sp³-hybridized carbons (Fsp3) is 0.118. The van der Waals surface area contributed by atoms with Gasteiger partial charge in [-0.2, -0.15) is 0 Å². The van der Waals surface area contributed by atoms with Crippen molar-refractivity contribution in [2.24, 2.45) is 0 Å². The third-order valence-corrected chi connectivity index (χ3v) is 5.45. The van der Waals surface area contributed by atoms with Gasteiger partial charge < -0.3 is 5.11 Å². The van der Waals surface area contributed by atoms with Gasteiger partial charge in [0.1, 0.15) is 5.75 Å². The molecule has 0 bridgehead atoms. The van der Waals surface area contributed by atoms with Crippen molar-refractivity contribution < 1.29 is 18.3 Å². The van der Waals surface area contributed by atoms with Crippen LogP contribution in [0.15, 0.2) is 53.4 Å². The van der Waals surface area contributed by atoms with Crippen LogP contribution in [0, 0.1) is 0 Å². The van der Waals surface area contributed by atoms with Gasteiger partial charge in [-0.1, -0.05) is 23.7 Å². The van der Waals surface area contributed by atoms with Crippen molar-refractivity contribution in [1.29, 1.82) is 0 Å². The van der Waals surface area contributed by atoms with E-state index in [1.54, 1.807) is 12.1 Å². The number of nitrogens with zero attached hydrogens (tertiary/aromatic N) is 1. The molecule has 7 heteroatoms. The van der Waals surface area contributed by atoms with Crippen LogP contribution in [0.4, 0.5) is 0 Å². The van der Waals surface area contributed by atoms with Crippen molar-refractivity contribution in [3.05, 3.63) is 64.7 Å². The zero-order chi connectivity index (χ0) is 17.9. The van der Waals surface area contributed by atoms with Gasteiger partial charge in [-0.05, 0) is 48.0 Å². The lowest BCUT2D eigenvalue weighted by Gasteiger charge is -2.11. The molecule has 24 heavy (non-hydrogen) atoms. The summed E-state index contributed by atoms with van der Waals surface area (Å²) in [6, 6.07) is 10.3. The van der Waals surface area contributed by atoms with Gasteiger partial charge >= 0.3 is 0 Å². The SMILES string of the molecule is CN(C)S(=O)(=O)c1ccc(C(=O)/C=C/c2ccc(O)c(Cl)c2)cc1. The number of allylic oxidation sites excluding steroid dienone is 1. The molecule has 0 aliphatic carbocycles. The van der Waals surface area contributed by atoms with E-state index >= 15 is 0 Å². The molecule has 0 unspecified atom stereocenters. The number of carbonyl (C=O) groups is 1. The van der Waals surface area contributed by atoms with Crippen molar-refractivity contribution in [3.63, 3.8) is 0 Å². The Hall–Kier alpha value is -2.15. The molecular weight excluding hydrogens is 350 g/mol. The number of phenolic OH excluding ortho intramolecular Hbond substituents is 1. The monoisotopic (exact) mass is 365 g/mol. The Kier molecular flexibility index (Phi) is 5.43. The average Bonchev–Trinajstić information content (AvgIpc) is 2.55. The Labute approximate surface area is 145 Å². The van der Waals surface area contributed by atoms with Crippen LogP contribution in [0.25, 0.3) is 6.08 Å². The van der Waals surface area contributed by atoms with Crippen molar-refractivity contribution in [1.82, 2.24) is 4.31 Å². The Morgan fingerprint density at radius 1 is 1.12 bits per heavy atom. The van der Waals surface area contributed by atoms with Gasteiger partial charge in [0, 0.05) is 19.7 Å². The highest BCUT2D eigenvalue weighted by molar-refractivity contribution is 7.89. The molecule has 126 valence electrons. The molecule has 0 fully saturated rings. The maximum absolute atomic E-state index is 12.1. The molecule has 2 aromatic carbocycles. The van der Waals surface area contributed by atoms with E-state index < -0.39 is 10.0 Å². The molecule has 0 atom stereocenters. The Morgan fingerprint density at radius 3 is 2.29 bits per heavy atom. The van der Waals surface area contributed by atoms with Crippen molar-refractivity contribution >= 4 is 33.5 Å². The van der Waals surface area contributed by atoms with Gasteiger partial charge in [-0.15, -0.1) is 0 Å². The number of halogens is 1. The topological polar surface area (TPSA) is 74.7 Å². The van der Waals surface area contributed by atoms with Crippen LogP contribution in [-0.4, -0.2) is 37.7 Å². The van der Waals surface area contributed by atoms with Crippen molar-refractivity contribution in [2.45, 2.75) is 4.90 Å². The minimum absolute atomic E-state index is 0.0298. The fourth-order valence-electron chi connectivity index (χ4n) is 1.90. The fourth-order valence-corrected chi connectivity index (χ4v) is 2.99. The molecule has 5 nitrogen and oxygen atoms in total. The van der Waals surface area contributed by atoms with Crippen LogP contribution in [0.1, 0.15) is 15.9 Å². The quantitative estimate of drug-likeness (QED) is 0.652. The number of phenols is 1. The highest BCUT2D eigenvalue weighted by Gasteiger charge is 2.17. The molecule has 0 radical (unpaired) electrons. The van der Waals surface area contributed by atoms with Crippen molar-refractivity contribution in [3.8, 4) is 5.75 Å².